The van der Waals surface area contributed by atoms with Gasteiger partial charge in [0.2, 0.25) is 0 Å². The largest absolute Gasteiger partial charge is 0.381 e. The summed E-state index contributed by atoms with van der Waals surface area (Å²) in [6, 6.07) is 0. The Hall–Kier alpha value is -0.350. The fourth-order valence-corrected chi connectivity index (χ4v) is 1.99. The predicted molar refractivity (Wildman–Crippen MR) is 67.1 cm³/mol. The van der Waals surface area contributed by atoms with E-state index in [1.54, 1.807) is 0 Å². The van der Waals surface area contributed by atoms with Crippen LogP contribution >= 0.6 is 12.2 Å². The van der Waals surface area contributed by atoms with Crippen LogP contribution in [0.2, 0.25) is 0 Å². The molecule has 0 aromatic rings. The van der Waals surface area contributed by atoms with E-state index in [0.29, 0.717) is 0 Å². The summed E-state index contributed by atoms with van der Waals surface area (Å²) >= 11 is 5.26. The van der Waals surface area contributed by atoms with Crippen LogP contribution in [-0.4, -0.2) is 30.4 Å². The molecule has 3 nitrogen and oxygen atoms in total. The molecular weight excluding hydrogens is 208 g/mol. The Balaban J connectivity index is 2.23. The lowest BCUT2D eigenvalue weighted by molar-refractivity contribution is 0.0524. The first kappa shape index (κ1) is 12.7. The predicted octanol–water partition coefficient (Wildman–Crippen LogP) is 1.82. The second-order valence-electron chi connectivity index (χ2n) is 4.41. The van der Waals surface area contributed by atoms with E-state index in [2.05, 4.69) is 24.5 Å². The van der Waals surface area contributed by atoms with Gasteiger partial charge in [0.05, 0.1) is 0 Å². The van der Waals surface area contributed by atoms with E-state index in [4.69, 9.17) is 17.0 Å². The van der Waals surface area contributed by atoms with Crippen LogP contribution in [0.15, 0.2) is 0 Å². The second-order valence-corrected chi connectivity index (χ2v) is 4.82. The maximum atomic E-state index is 5.34. The van der Waals surface area contributed by atoms with E-state index in [-0.39, 0.29) is 5.54 Å². The summed E-state index contributed by atoms with van der Waals surface area (Å²) in [5.74, 6) is 0. The highest BCUT2D eigenvalue weighted by Gasteiger charge is 2.27. The topological polar surface area (TPSA) is 33.3 Å². The molecule has 2 N–H and O–H groups in total. The first-order chi connectivity index (χ1) is 7.16. The molecule has 1 aliphatic heterocycles. The maximum absolute atomic E-state index is 5.34. The molecule has 0 aliphatic carbocycles. The number of unbranched alkanes of at least 4 members (excludes halogenated alkanes) is 1. The molecule has 0 radical (unpaired) electrons. The SMILES string of the molecule is CCCCNC(=S)NC1(C)CCOCC1. The molecule has 15 heavy (non-hydrogen) atoms. The molecule has 0 aromatic heterocycles. The molecule has 0 amide bonds. The third-order valence-corrected chi connectivity index (χ3v) is 3.07. The highest BCUT2D eigenvalue weighted by Crippen LogP contribution is 2.19. The molecule has 0 atom stereocenters. The number of rotatable bonds is 4. The minimum absolute atomic E-state index is 0.120. The molecule has 1 fully saturated rings. The van der Waals surface area contributed by atoms with Gasteiger partial charge in [0, 0.05) is 25.3 Å². The summed E-state index contributed by atoms with van der Waals surface area (Å²) in [7, 11) is 0. The van der Waals surface area contributed by atoms with Crippen molar-refractivity contribution in [2.45, 2.75) is 45.1 Å². The number of nitrogens with one attached hydrogen (secondary N) is 2. The summed E-state index contributed by atoms with van der Waals surface area (Å²) in [4.78, 5) is 0. The van der Waals surface area contributed by atoms with E-state index >= 15 is 0 Å². The van der Waals surface area contributed by atoms with Gasteiger partial charge in [0.25, 0.3) is 0 Å². The van der Waals surface area contributed by atoms with Gasteiger partial charge in [-0.25, -0.2) is 0 Å². The van der Waals surface area contributed by atoms with Crippen molar-refractivity contribution in [3.8, 4) is 0 Å². The Morgan fingerprint density at radius 3 is 2.67 bits per heavy atom. The average Bonchev–Trinajstić information content (AvgIpc) is 2.18. The van der Waals surface area contributed by atoms with Crippen molar-refractivity contribution in [1.29, 1.82) is 0 Å². The molecule has 0 spiro atoms. The third-order valence-electron chi connectivity index (χ3n) is 2.83. The lowest BCUT2D eigenvalue weighted by atomic mass is 9.93. The molecule has 1 heterocycles. The Labute approximate surface area is 98.0 Å². The summed E-state index contributed by atoms with van der Waals surface area (Å²) in [6.07, 6.45) is 4.42. The van der Waals surface area contributed by atoms with E-state index in [1.165, 1.54) is 12.8 Å². The van der Waals surface area contributed by atoms with Crippen LogP contribution in [-0.2, 0) is 4.74 Å². The number of ether oxygens (including phenoxy) is 1. The lowest BCUT2D eigenvalue weighted by Gasteiger charge is -2.35. The van der Waals surface area contributed by atoms with Gasteiger partial charge in [0.1, 0.15) is 0 Å². The molecule has 0 unspecified atom stereocenters. The van der Waals surface area contributed by atoms with Crippen molar-refractivity contribution in [3.05, 3.63) is 0 Å². The molecule has 88 valence electrons. The van der Waals surface area contributed by atoms with Crippen LogP contribution in [0.4, 0.5) is 0 Å². The molecule has 0 bridgehead atoms. The van der Waals surface area contributed by atoms with Gasteiger partial charge >= 0.3 is 0 Å². The first-order valence-corrected chi connectivity index (χ1v) is 6.21. The fourth-order valence-electron chi connectivity index (χ4n) is 1.64. The number of hydrogen-bond donors (Lipinski definition) is 2. The van der Waals surface area contributed by atoms with Crippen LogP contribution in [0.5, 0.6) is 0 Å². The molecule has 0 aromatic carbocycles. The molecule has 1 saturated heterocycles. The average molecular weight is 230 g/mol. The minimum Gasteiger partial charge on any atom is -0.381 e. The van der Waals surface area contributed by atoms with Gasteiger partial charge in [0.15, 0.2) is 5.11 Å². The van der Waals surface area contributed by atoms with Crippen molar-refractivity contribution >= 4 is 17.3 Å². The lowest BCUT2D eigenvalue weighted by Crippen LogP contribution is -2.52. The summed E-state index contributed by atoms with van der Waals surface area (Å²) in [5, 5.41) is 7.42. The second kappa shape index (κ2) is 6.28. The van der Waals surface area contributed by atoms with E-state index in [0.717, 1.165) is 37.7 Å². The van der Waals surface area contributed by atoms with Crippen LogP contribution in [0.3, 0.4) is 0 Å². The van der Waals surface area contributed by atoms with Gasteiger partial charge in [-0.05, 0) is 38.4 Å². The zero-order valence-electron chi connectivity index (χ0n) is 9.77. The standard InChI is InChI=1S/C11H22N2OS/c1-3-4-7-12-10(15)13-11(2)5-8-14-9-6-11/h3-9H2,1-2H3,(H2,12,13,15). The van der Waals surface area contributed by atoms with Crippen molar-refractivity contribution in [2.24, 2.45) is 0 Å². The van der Waals surface area contributed by atoms with E-state index in [1.807, 2.05) is 0 Å². The number of hydrogen-bond acceptors (Lipinski definition) is 2. The van der Waals surface area contributed by atoms with Crippen LogP contribution in [0.1, 0.15) is 39.5 Å². The maximum Gasteiger partial charge on any atom is 0.166 e. The highest BCUT2D eigenvalue weighted by atomic mass is 32.1. The zero-order valence-corrected chi connectivity index (χ0v) is 10.6. The summed E-state index contributed by atoms with van der Waals surface area (Å²) in [5.41, 5.74) is 0.120. The van der Waals surface area contributed by atoms with E-state index < -0.39 is 0 Å². The van der Waals surface area contributed by atoms with Crippen LogP contribution in [0, 0.1) is 0 Å². The van der Waals surface area contributed by atoms with Gasteiger partial charge < -0.3 is 15.4 Å². The van der Waals surface area contributed by atoms with Crippen LogP contribution in [0.25, 0.3) is 0 Å². The van der Waals surface area contributed by atoms with E-state index in [9.17, 15) is 0 Å². The normalized spacial score (nSPS) is 19.6. The Morgan fingerprint density at radius 1 is 1.40 bits per heavy atom. The molecule has 4 heteroatoms. The smallest absolute Gasteiger partial charge is 0.166 e. The molecule has 1 aliphatic rings. The Morgan fingerprint density at radius 2 is 2.07 bits per heavy atom. The van der Waals surface area contributed by atoms with Crippen molar-refractivity contribution in [3.63, 3.8) is 0 Å². The third kappa shape index (κ3) is 4.80. The highest BCUT2D eigenvalue weighted by molar-refractivity contribution is 7.80. The first-order valence-electron chi connectivity index (χ1n) is 5.80. The van der Waals surface area contributed by atoms with Crippen molar-refractivity contribution in [1.82, 2.24) is 10.6 Å². The molecule has 0 saturated carbocycles. The van der Waals surface area contributed by atoms with Gasteiger partial charge in [-0.3, -0.25) is 0 Å². The monoisotopic (exact) mass is 230 g/mol. The van der Waals surface area contributed by atoms with Crippen molar-refractivity contribution in [2.75, 3.05) is 19.8 Å². The summed E-state index contributed by atoms with van der Waals surface area (Å²) < 4.78 is 5.34. The minimum atomic E-state index is 0.120. The van der Waals surface area contributed by atoms with Gasteiger partial charge in [-0.15, -0.1) is 0 Å². The van der Waals surface area contributed by atoms with Gasteiger partial charge in [-0.1, -0.05) is 13.3 Å². The molecule has 1 rings (SSSR count). The van der Waals surface area contributed by atoms with Crippen molar-refractivity contribution < 1.29 is 4.74 Å². The summed E-state index contributed by atoms with van der Waals surface area (Å²) in [6.45, 7) is 7.03. The fraction of sp³-hybridized carbons (Fsp3) is 0.909. The quantitative estimate of drug-likeness (QED) is 0.570. The molecular formula is C11H22N2OS. The van der Waals surface area contributed by atoms with Gasteiger partial charge in [-0.2, -0.15) is 0 Å². The number of thiocarbonyl (C=S) groups is 1. The zero-order chi connectivity index (χ0) is 11.1. The Bertz CT molecular complexity index is 203. The Kier molecular flexibility index (Phi) is 5.32. The van der Waals surface area contributed by atoms with Crippen LogP contribution < -0.4 is 10.6 Å².